The normalized spacial score (nSPS) is 44.2. The SMILES string of the molecule is C=CCC1CC23CC(C(C)(C)Cl)OC2(CC1=O)OCO3. The van der Waals surface area contributed by atoms with E-state index in [0.29, 0.717) is 19.3 Å². The third-order valence-electron chi connectivity index (χ3n) is 4.82. The second kappa shape index (κ2) is 4.54. The molecule has 0 aromatic carbocycles. The average Bonchev–Trinajstić information content (AvgIpc) is 2.80. The lowest BCUT2D eigenvalue weighted by Gasteiger charge is -2.41. The molecule has 112 valence electrons. The fourth-order valence-electron chi connectivity index (χ4n) is 3.64. The molecule has 2 saturated heterocycles. The van der Waals surface area contributed by atoms with Crippen LogP contribution in [0.15, 0.2) is 12.7 Å². The van der Waals surface area contributed by atoms with Gasteiger partial charge in [-0.05, 0) is 26.7 Å². The second-order valence-corrected chi connectivity index (χ2v) is 7.57. The molecule has 0 amide bonds. The van der Waals surface area contributed by atoms with E-state index in [2.05, 4.69) is 6.58 Å². The van der Waals surface area contributed by atoms with Crippen LogP contribution in [0.25, 0.3) is 0 Å². The van der Waals surface area contributed by atoms with E-state index in [1.807, 2.05) is 13.8 Å². The topological polar surface area (TPSA) is 44.8 Å². The molecule has 0 N–H and O–H groups in total. The van der Waals surface area contributed by atoms with Gasteiger partial charge in [0.2, 0.25) is 5.79 Å². The Labute approximate surface area is 124 Å². The van der Waals surface area contributed by atoms with Crippen LogP contribution in [0.4, 0.5) is 0 Å². The molecule has 0 aromatic rings. The van der Waals surface area contributed by atoms with Crippen LogP contribution in [-0.4, -0.2) is 34.9 Å². The van der Waals surface area contributed by atoms with Crippen LogP contribution in [0.5, 0.6) is 0 Å². The predicted molar refractivity (Wildman–Crippen MR) is 74.5 cm³/mol. The highest BCUT2D eigenvalue weighted by Gasteiger charge is 2.70. The Balaban J connectivity index is 1.92. The third kappa shape index (κ3) is 1.97. The number of Topliss-reactive ketones (excluding diaryl/α,β-unsaturated/α-hetero) is 1. The Bertz CT molecular complexity index is 444. The van der Waals surface area contributed by atoms with Gasteiger partial charge in [-0.3, -0.25) is 4.79 Å². The molecule has 20 heavy (non-hydrogen) atoms. The highest BCUT2D eigenvalue weighted by Crippen LogP contribution is 2.58. The van der Waals surface area contributed by atoms with E-state index in [-0.39, 0.29) is 31.0 Å². The van der Waals surface area contributed by atoms with Crippen molar-refractivity contribution in [3.05, 3.63) is 12.7 Å². The summed E-state index contributed by atoms with van der Waals surface area (Å²) in [6, 6.07) is 0. The zero-order chi connectivity index (χ0) is 14.6. The van der Waals surface area contributed by atoms with E-state index >= 15 is 0 Å². The first-order valence-corrected chi connectivity index (χ1v) is 7.48. The summed E-state index contributed by atoms with van der Waals surface area (Å²) in [6.07, 6.45) is 3.83. The van der Waals surface area contributed by atoms with Crippen LogP contribution < -0.4 is 0 Å². The van der Waals surface area contributed by atoms with Crippen molar-refractivity contribution in [2.45, 2.75) is 61.9 Å². The van der Waals surface area contributed by atoms with Gasteiger partial charge in [-0.1, -0.05) is 6.08 Å². The molecular weight excluding hydrogens is 280 g/mol. The Morgan fingerprint density at radius 2 is 2.20 bits per heavy atom. The van der Waals surface area contributed by atoms with Crippen LogP contribution in [-0.2, 0) is 19.0 Å². The smallest absolute Gasteiger partial charge is 0.207 e. The molecule has 4 atom stereocenters. The highest BCUT2D eigenvalue weighted by molar-refractivity contribution is 6.23. The first-order valence-electron chi connectivity index (χ1n) is 7.10. The van der Waals surface area contributed by atoms with Crippen molar-refractivity contribution in [2.75, 3.05) is 6.79 Å². The molecule has 1 aliphatic carbocycles. The number of ketones is 1. The van der Waals surface area contributed by atoms with Crippen molar-refractivity contribution in [1.29, 1.82) is 0 Å². The number of alkyl halides is 1. The van der Waals surface area contributed by atoms with Crippen LogP contribution in [0.1, 0.15) is 39.5 Å². The molecule has 2 aliphatic heterocycles. The average molecular weight is 301 g/mol. The Morgan fingerprint density at radius 1 is 1.45 bits per heavy atom. The summed E-state index contributed by atoms with van der Waals surface area (Å²) < 4.78 is 17.8. The van der Waals surface area contributed by atoms with Gasteiger partial charge in [0.05, 0.1) is 17.4 Å². The Hall–Kier alpha value is -0.420. The monoisotopic (exact) mass is 300 g/mol. The van der Waals surface area contributed by atoms with E-state index in [1.165, 1.54) is 0 Å². The van der Waals surface area contributed by atoms with Crippen molar-refractivity contribution >= 4 is 17.4 Å². The standard InChI is InChI=1S/C15H21ClO4/c1-4-5-10-6-14-8-12(13(2,3)16)20-15(14,7-11(10)17)19-9-18-14/h4,10,12H,1,5-9H2,2-3H3. The van der Waals surface area contributed by atoms with Gasteiger partial charge < -0.3 is 14.2 Å². The van der Waals surface area contributed by atoms with E-state index in [1.54, 1.807) is 6.08 Å². The van der Waals surface area contributed by atoms with Crippen molar-refractivity contribution in [2.24, 2.45) is 5.92 Å². The van der Waals surface area contributed by atoms with Crippen LogP contribution in [0.2, 0.25) is 0 Å². The summed E-state index contributed by atoms with van der Waals surface area (Å²) in [4.78, 5) is 11.8. The number of carbonyl (C=O) groups excluding carboxylic acids is 1. The zero-order valence-electron chi connectivity index (χ0n) is 12.0. The summed E-state index contributed by atoms with van der Waals surface area (Å²) in [7, 11) is 0. The molecule has 3 aliphatic rings. The van der Waals surface area contributed by atoms with Crippen molar-refractivity contribution in [3.63, 3.8) is 0 Å². The number of rotatable bonds is 3. The summed E-state index contributed by atoms with van der Waals surface area (Å²) in [5, 5.41) is 0. The van der Waals surface area contributed by atoms with Gasteiger partial charge in [-0.2, -0.15) is 0 Å². The molecule has 5 heteroatoms. The van der Waals surface area contributed by atoms with Gasteiger partial charge in [-0.25, -0.2) is 0 Å². The largest absolute Gasteiger partial charge is 0.343 e. The number of allylic oxidation sites excluding steroid dienone is 1. The minimum Gasteiger partial charge on any atom is -0.343 e. The molecule has 4 nitrogen and oxygen atoms in total. The van der Waals surface area contributed by atoms with Crippen LogP contribution in [0.3, 0.4) is 0 Å². The minimum atomic E-state index is -0.932. The molecular formula is C15H21ClO4. The van der Waals surface area contributed by atoms with Gasteiger partial charge in [0.15, 0.2) is 6.79 Å². The lowest BCUT2D eigenvalue weighted by atomic mass is 9.71. The third-order valence-corrected chi connectivity index (χ3v) is 5.07. The number of ether oxygens (including phenoxy) is 3. The van der Waals surface area contributed by atoms with E-state index in [9.17, 15) is 4.79 Å². The van der Waals surface area contributed by atoms with Crippen LogP contribution >= 0.6 is 11.6 Å². The summed E-state index contributed by atoms with van der Waals surface area (Å²) in [5.41, 5.74) is -0.536. The predicted octanol–water partition coefficient (Wildman–Crippen LogP) is 2.79. The van der Waals surface area contributed by atoms with Gasteiger partial charge >= 0.3 is 0 Å². The number of carbonyl (C=O) groups is 1. The lowest BCUT2D eigenvalue weighted by molar-refractivity contribution is -0.233. The molecule has 1 saturated carbocycles. The van der Waals surface area contributed by atoms with E-state index < -0.39 is 16.3 Å². The van der Waals surface area contributed by atoms with Crippen molar-refractivity contribution in [3.8, 4) is 0 Å². The first-order chi connectivity index (χ1) is 9.32. The zero-order valence-corrected chi connectivity index (χ0v) is 12.7. The van der Waals surface area contributed by atoms with Crippen molar-refractivity contribution in [1.82, 2.24) is 0 Å². The number of hydrogen-bond donors (Lipinski definition) is 0. The van der Waals surface area contributed by atoms with E-state index in [4.69, 9.17) is 25.8 Å². The fourth-order valence-corrected chi connectivity index (χ4v) is 3.76. The summed E-state index contributed by atoms with van der Waals surface area (Å²) >= 11 is 6.41. The number of hydrogen-bond acceptors (Lipinski definition) is 4. The quantitative estimate of drug-likeness (QED) is 0.594. The minimum absolute atomic E-state index is 0.0527. The Morgan fingerprint density at radius 3 is 2.85 bits per heavy atom. The van der Waals surface area contributed by atoms with Gasteiger partial charge in [0.1, 0.15) is 11.4 Å². The maximum Gasteiger partial charge on any atom is 0.207 e. The number of halogens is 1. The second-order valence-electron chi connectivity index (χ2n) is 6.60. The molecule has 0 bridgehead atoms. The molecule has 0 aromatic heterocycles. The molecule has 3 fully saturated rings. The molecule has 0 spiro atoms. The fraction of sp³-hybridized carbons (Fsp3) is 0.800. The molecule has 2 heterocycles. The first kappa shape index (κ1) is 14.5. The lowest BCUT2D eigenvalue weighted by Crippen LogP contribution is -2.55. The molecule has 3 rings (SSSR count). The van der Waals surface area contributed by atoms with E-state index in [0.717, 1.165) is 0 Å². The summed E-state index contributed by atoms with van der Waals surface area (Å²) in [5.74, 6) is -0.819. The van der Waals surface area contributed by atoms with Crippen LogP contribution in [0, 0.1) is 5.92 Å². The maximum atomic E-state index is 12.3. The maximum absolute atomic E-state index is 12.3. The van der Waals surface area contributed by atoms with Crippen molar-refractivity contribution < 1.29 is 19.0 Å². The van der Waals surface area contributed by atoms with Gasteiger partial charge in [0.25, 0.3) is 0 Å². The summed E-state index contributed by atoms with van der Waals surface area (Å²) in [6.45, 7) is 7.76. The van der Waals surface area contributed by atoms with Gasteiger partial charge in [0, 0.05) is 12.3 Å². The highest BCUT2D eigenvalue weighted by atomic mass is 35.5. The molecule has 0 radical (unpaired) electrons. The Kier molecular flexibility index (Phi) is 3.29. The molecule has 4 unspecified atom stereocenters. The van der Waals surface area contributed by atoms with Gasteiger partial charge in [-0.15, -0.1) is 18.2 Å².